The van der Waals surface area contributed by atoms with E-state index in [-0.39, 0.29) is 0 Å². The van der Waals surface area contributed by atoms with Gasteiger partial charge in [0.1, 0.15) is 10.9 Å². The van der Waals surface area contributed by atoms with Crippen LogP contribution >= 0.6 is 11.8 Å². The van der Waals surface area contributed by atoms with Gasteiger partial charge in [-0.05, 0) is 28.8 Å². The zero-order valence-electron chi connectivity index (χ0n) is 16.5. The van der Waals surface area contributed by atoms with Gasteiger partial charge in [-0.2, -0.15) is 5.26 Å². The molecule has 0 N–H and O–H groups in total. The molecule has 29 heavy (non-hydrogen) atoms. The second kappa shape index (κ2) is 8.46. The van der Waals surface area contributed by atoms with Gasteiger partial charge in [-0.1, -0.05) is 74.5 Å². The molecule has 0 atom stereocenters. The van der Waals surface area contributed by atoms with Gasteiger partial charge in [0.05, 0.1) is 17.1 Å². The maximum Gasteiger partial charge on any atom is 0.132 e. The molecule has 0 saturated heterocycles. The predicted molar refractivity (Wildman–Crippen MR) is 120 cm³/mol. The van der Waals surface area contributed by atoms with Crippen LogP contribution in [0.5, 0.6) is 0 Å². The van der Waals surface area contributed by atoms with E-state index >= 15 is 0 Å². The summed E-state index contributed by atoms with van der Waals surface area (Å²) in [4.78, 5) is 9.52. The Bertz CT molecular complexity index is 1190. The van der Waals surface area contributed by atoms with Gasteiger partial charge < -0.3 is 0 Å². The summed E-state index contributed by atoms with van der Waals surface area (Å²) in [5.74, 6) is 2.01. The van der Waals surface area contributed by atoms with Crippen molar-refractivity contribution < 1.29 is 0 Å². The Hall–Kier alpha value is -3.16. The van der Waals surface area contributed by atoms with E-state index in [1.54, 1.807) is 11.8 Å². The zero-order chi connectivity index (χ0) is 20.2. The topological polar surface area (TPSA) is 49.6 Å². The minimum absolute atomic E-state index is 0.290. The smallest absolute Gasteiger partial charge is 0.132 e. The summed E-state index contributed by atoms with van der Waals surface area (Å²) in [6.45, 7) is 4.24. The highest BCUT2D eigenvalue weighted by Crippen LogP contribution is 2.30. The third-order valence-electron chi connectivity index (χ3n) is 4.79. The molecule has 0 radical (unpaired) electrons. The van der Waals surface area contributed by atoms with Crippen LogP contribution in [0.1, 0.15) is 36.7 Å². The van der Waals surface area contributed by atoms with E-state index in [1.807, 2.05) is 42.5 Å². The number of rotatable bonds is 5. The molecular weight excluding hydrogens is 374 g/mol. The second-order valence-corrected chi connectivity index (χ2v) is 8.17. The molecule has 0 amide bonds. The molecule has 4 rings (SSSR count). The number of nitrogens with zero attached hydrogens (tertiary/aromatic N) is 3. The molecule has 0 spiro atoms. The van der Waals surface area contributed by atoms with Crippen LogP contribution in [-0.2, 0) is 5.75 Å². The van der Waals surface area contributed by atoms with Crippen molar-refractivity contribution in [1.29, 1.82) is 5.26 Å². The van der Waals surface area contributed by atoms with Gasteiger partial charge in [0.2, 0.25) is 0 Å². The van der Waals surface area contributed by atoms with E-state index in [1.165, 1.54) is 5.56 Å². The molecule has 4 aromatic rings. The molecule has 4 heteroatoms. The molecule has 0 fully saturated rings. The summed E-state index contributed by atoms with van der Waals surface area (Å²) in [5.41, 5.74) is 4.95. The maximum absolute atomic E-state index is 9.33. The Labute approximate surface area is 175 Å². The van der Waals surface area contributed by atoms with Gasteiger partial charge in [-0.25, -0.2) is 9.97 Å². The van der Waals surface area contributed by atoms with Gasteiger partial charge in [-0.3, -0.25) is 0 Å². The Morgan fingerprint density at radius 2 is 1.62 bits per heavy atom. The van der Waals surface area contributed by atoms with Crippen molar-refractivity contribution in [3.05, 3.63) is 89.7 Å². The van der Waals surface area contributed by atoms with E-state index in [2.05, 4.69) is 50.2 Å². The van der Waals surface area contributed by atoms with Crippen LogP contribution in [0.2, 0.25) is 0 Å². The summed E-state index contributed by atoms with van der Waals surface area (Å²) >= 11 is 1.74. The Balaban J connectivity index is 1.58. The van der Waals surface area contributed by atoms with E-state index in [0.29, 0.717) is 11.5 Å². The van der Waals surface area contributed by atoms with Crippen LogP contribution in [0.4, 0.5) is 0 Å². The lowest BCUT2D eigenvalue weighted by Crippen LogP contribution is -2.00. The van der Waals surface area contributed by atoms with Crippen molar-refractivity contribution in [2.45, 2.75) is 30.5 Å². The fraction of sp³-hybridized carbons (Fsp3) is 0.160. The van der Waals surface area contributed by atoms with E-state index in [0.717, 1.165) is 38.6 Å². The largest absolute Gasteiger partial charge is 0.233 e. The van der Waals surface area contributed by atoms with Gasteiger partial charge in [-0.15, -0.1) is 11.8 Å². The average Bonchev–Trinajstić information content (AvgIpc) is 2.77. The van der Waals surface area contributed by atoms with Crippen molar-refractivity contribution in [3.63, 3.8) is 0 Å². The van der Waals surface area contributed by atoms with Gasteiger partial charge in [0.15, 0.2) is 0 Å². The Kier molecular flexibility index (Phi) is 5.59. The predicted octanol–water partition coefficient (Wildman–Crippen LogP) is 6.58. The number of benzene rings is 3. The number of thioether (sulfide) groups is 1. The standard InChI is InChI=1S/C25H21N3S/c1-17(2)24-27-23-10-6-5-9-22(23)25(28-24)29-16-18-11-13-19(14-12-18)21-8-4-3-7-20(21)15-26/h3-14,17H,16H2,1-2H3. The van der Waals surface area contributed by atoms with Gasteiger partial charge in [0.25, 0.3) is 0 Å². The highest BCUT2D eigenvalue weighted by atomic mass is 32.2. The molecule has 3 aromatic carbocycles. The van der Waals surface area contributed by atoms with Crippen molar-refractivity contribution >= 4 is 22.7 Å². The van der Waals surface area contributed by atoms with Crippen LogP contribution in [0.3, 0.4) is 0 Å². The molecule has 3 nitrogen and oxygen atoms in total. The summed E-state index contributed by atoms with van der Waals surface area (Å²) < 4.78 is 0. The molecule has 1 heterocycles. The van der Waals surface area contributed by atoms with Crippen LogP contribution < -0.4 is 0 Å². The Morgan fingerprint density at radius 3 is 2.38 bits per heavy atom. The van der Waals surface area contributed by atoms with Gasteiger partial charge in [0, 0.05) is 17.1 Å². The van der Waals surface area contributed by atoms with Gasteiger partial charge >= 0.3 is 0 Å². The quantitative estimate of drug-likeness (QED) is 0.283. The number of aromatic nitrogens is 2. The molecular formula is C25H21N3S. The first-order valence-corrected chi connectivity index (χ1v) is 10.6. The third-order valence-corrected chi connectivity index (χ3v) is 5.85. The summed E-state index contributed by atoms with van der Waals surface area (Å²) in [7, 11) is 0. The molecule has 0 aliphatic carbocycles. The van der Waals surface area contributed by atoms with Crippen LogP contribution in [0.15, 0.2) is 77.8 Å². The SMILES string of the molecule is CC(C)c1nc(SCc2ccc(-c3ccccc3C#N)cc2)c2ccccc2n1. The second-order valence-electron chi connectivity index (χ2n) is 7.20. The minimum atomic E-state index is 0.290. The Morgan fingerprint density at radius 1 is 0.897 bits per heavy atom. The molecule has 1 aromatic heterocycles. The molecule has 142 valence electrons. The van der Waals surface area contributed by atoms with Crippen molar-refractivity contribution in [2.24, 2.45) is 0 Å². The van der Waals surface area contributed by atoms with Crippen molar-refractivity contribution in [3.8, 4) is 17.2 Å². The number of fused-ring (bicyclic) bond motifs is 1. The normalized spacial score (nSPS) is 11.0. The zero-order valence-corrected chi connectivity index (χ0v) is 17.3. The monoisotopic (exact) mass is 395 g/mol. The highest BCUT2D eigenvalue weighted by Gasteiger charge is 2.11. The first kappa shape index (κ1) is 19.2. The molecule has 0 unspecified atom stereocenters. The van der Waals surface area contributed by atoms with E-state index in [4.69, 9.17) is 9.97 Å². The summed E-state index contributed by atoms with van der Waals surface area (Å²) in [5, 5.41) is 11.5. The fourth-order valence-corrected chi connectivity index (χ4v) is 4.18. The van der Waals surface area contributed by atoms with Crippen LogP contribution in [-0.4, -0.2) is 9.97 Å². The van der Waals surface area contributed by atoms with Crippen LogP contribution in [0, 0.1) is 11.3 Å². The van der Waals surface area contributed by atoms with Crippen molar-refractivity contribution in [1.82, 2.24) is 9.97 Å². The third kappa shape index (κ3) is 4.16. The van der Waals surface area contributed by atoms with E-state index in [9.17, 15) is 5.26 Å². The van der Waals surface area contributed by atoms with Crippen LogP contribution in [0.25, 0.3) is 22.0 Å². The first-order chi connectivity index (χ1) is 14.2. The number of nitriles is 1. The highest BCUT2D eigenvalue weighted by molar-refractivity contribution is 7.98. The minimum Gasteiger partial charge on any atom is -0.233 e. The molecule has 0 bridgehead atoms. The summed E-state index contributed by atoms with van der Waals surface area (Å²) in [6, 6.07) is 26.6. The number of para-hydroxylation sites is 1. The number of hydrogen-bond acceptors (Lipinski definition) is 4. The van der Waals surface area contributed by atoms with Crippen molar-refractivity contribution in [2.75, 3.05) is 0 Å². The lowest BCUT2D eigenvalue weighted by molar-refractivity contribution is 0.766. The molecule has 0 aliphatic rings. The average molecular weight is 396 g/mol. The lowest BCUT2D eigenvalue weighted by atomic mass is 10.00. The lowest BCUT2D eigenvalue weighted by Gasteiger charge is -2.11. The molecule has 0 aliphatic heterocycles. The molecule has 0 saturated carbocycles. The van der Waals surface area contributed by atoms with E-state index < -0.39 is 0 Å². The maximum atomic E-state index is 9.33. The number of hydrogen-bond donors (Lipinski definition) is 0. The first-order valence-electron chi connectivity index (χ1n) is 9.63. The fourth-order valence-electron chi connectivity index (χ4n) is 3.20. The summed E-state index contributed by atoms with van der Waals surface area (Å²) in [6.07, 6.45) is 0.